The van der Waals surface area contributed by atoms with Crippen LogP contribution in [0.3, 0.4) is 0 Å². The summed E-state index contributed by atoms with van der Waals surface area (Å²) in [5.41, 5.74) is 10.5. The highest BCUT2D eigenvalue weighted by Crippen LogP contribution is 2.13. The van der Waals surface area contributed by atoms with Crippen molar-refractivity contribution in [2.45, 2.75) is 25.8 Å². The summed E-state index contributed by atoms with van der Waals surface area (Å²) in [4.78, 5) is 5.18. The SMILES string of the molecule is [N-]=[N+]=NCCC#Cc1cccc(CN2CCCC2)c1. The lowest BCUT2D eigenvalue weighted by molar-refractivity contribution is 0.331. The minimum absolute atomic E-state index is 0.441. The molecule has 1 saturated heterocycles. The van der Waals surface area contributed by atoms with E-state index in [-0.39, 0.29) is 0 Å². The molecule has 0 aliphatic carbocycles. The molecule has 1 aromatic carbocycles. The number of rotatable bonds is 4. The molecule has 1 aromatic rings. The average molecular weight is 254 g/mol. The molecule has 0 unspecified atom stereocenters. The second-order valence-corrected chi connectivity index (χ2v) is 4.69. The van der Waals surface area contributed by atoms with E-state index in [2.05, 4.69) is 45.0 Å². The van der Waals surface area contributed by atoms with Gasteiger partial charge in [0, 0.05) is 30.0 Å². The number of azide groups is 1. The van der Waals surface area contributed by atoms with E-state index in [0.29, 0.717) is 13.0 Å². The van der Waals surface area contributed by atoms with Crippen LogP contribution in [0.15, 0.2) is 29.4 Å². The van der Waals surface area contributed by atoms with Crippen LogP contribution >= 0.6 is 0 Å². The summed E-state index contributed by atoms with van der Waals surface area (Å²) < 4.78 is 0. The van der Waals surface area contributed by atoms with E-state index in [9.17, 15) is 0 Å². The molecular weight excluding hydrogens is 236 g/mol. The fraction of sp³-hybridized carbons (Fsp3) is 0.467. The highest BCUT2D eigenvalue weighted by Gasteiger charge is 2.11. The van der Waals surface area contributed by atoms with Crippen molar-refractivity contribution < 1.29 is 0 Å². The predicted molar refractivity (Wildman–Crippen MR) is 76.5 cm³/mol. The molecule has 1 fully saturated rings. The maximum Gasteiger partial charge on any atom is 0.0367 e. The summed E-state index contributed by atoms with van der Waals surface area (Å²) in [6.45, 7) is 3.88. The Labute approximate surface area is 114 Å². The molecule has 4 heteroatoms. The number of nitrogens with zero attached hydrogens (tertiary/aromatic N) is 4. The molecule has 0 bridgehead atoms. The first-order chi connectivity index (χ1) is 9.38. The second kappa shape index (κ2) is 7.48. The first-order valence-electron chi connectivity index (χ1n) is 6.69. The molecule has 0 aromatic heterocycles. The molecule has 4 nitrogen and oxygen atoms in total. The maximum atomic E-state index is 8.16. The third kappa shape index (κ3) is 4.67. The second-order valence-electron chi connectivity index (χ2n) is 4.69. The Hall–Kier alpha value is -1.95. The van der Waals surface area contributed by atoms with Crippen molar-refractivity contribution >= 4 is 0 Å². The van der Waals surface area contributed by atoms with Crippen LogP contribution in [0.5, 0.6) is 0 Å². The largest absolute Gasteiger partial charge is 0.299 e. The third-order valence-electron chi connectivity index (χ3n) is 3.16. The van der Waals surface area contributed by atoms with E-state index < -0.39 is 0 Å². The van der Waals surface area contributed by atoms with Crippen molar-refractivity contribution in [1.29, 1.82) is 0 Å². The van der Waals surface area contributed by atoms with Gasteiger partial charge < -0.3 is 0 Å². The van der Waals surface area contributed by atoms with Gasteiger partial charge in [-0.05, 0) is 49.2 Å². The number of hydrogen-bond acceptors (Lipinski definition) is 2. The van der Waals surface area contributed by atoms with Crippen molar-refractivity contribution in [3.8, 4) is 11.8 Å². The zero-order valence-corrected chi connectivity index (χ0v) is 11.0. The molecule has 98 valence electrons. The molecular formula is C15H18N4. The quantitative estimate of drug-likeness (QED) is 0.267. The van der Waals surface area contributed by atoms with Crippen molar-refractivity contribution in [3.63, 3.8) is 0 Å². The summed E-state index contributed by atoms with van der Waals surface area (Å²) in [6.07, 6.45) is 3.25. The Kier molecular flexibility index (Phi) is 5.31. The fourth-order valence-corrected chi connectivity index (χ4v) is 2.26. The lowest BCUT2D eigenvalue weighted by atomic mass is 10.1. The van der Waals surface area contributed by atoms with E-state index >= 15 is 0 Å². The minimum Gasteiger partial charge on any atom is -0.299 e. The van der Waals surface area contributed by atoms with Gasteiger partial charge >= 0.3 is 0 Å². The molecule has 19 heavy (non-hydrogen) atoms. The van der Waals surface area contributed by atoms with Crippen molar-refractivity contribution in [2.24, 2.45) is 5.11 Å². The van der Waals surface area contributed by atoms with Gasteiger partial charge in [-0.15, -0.1) is 0 Å². The molecule has 2 rings (SSSR count). The van der Waals surface area contributed by atoms with Crippen LogP contribution < -0.4 is 0 Å². The lowest BCUT2D eigenvalue weighted by Gasteiger charge is -2.14. The predicted octanol–water partition coefficient (Wildman–Crippen LogP) is 3.33. The molecule has 0 radical (unpaired) electrons. The van der Waals surface area contributed by atoms with Crippen LogP contribution in [0.4, 0.5) is 0 Å². The van der Waals surface area contributed by atoms with Gasteiger partial charge in [-0.25, -0.2) is 0 Å². The summed E-state index contributed by atoms with van der Waals surface area (Å²) in [7, 11) is 0. The number of likely N-dealkylation sites (tertiary alicyclic amines) is 1. The monoisotopic (exact) mass is 254 g/mol. The Bertz CT molecular complexity index is 514. The van der Waals surface area contributed by atoms with Crippen molar-refractivity contribution in [2.75, 3.05) is 19.6 Å². The molecule has 0 N–H and O–H groups in total. The van der Waals surface area contributed by atoms with Gasteiger partial charge in [0.15, 0.2) is 0 Å². The minimum atomic E-state index is 0.441. The zero-order valence-electron chi connectivity index (χ0n) is 11.0. The Morgan fingerprint density at radius 3 is 2.95 bits per heavy atom. The zero-order chi connectivity index (χ0) is 13.3. The van der Waals surface area contributed by atoms with E-state index in [0.717, 1.165) is 12.1 Å². The molecule has 1 heterocycles. The molecule has 0 atom stereocenters. The van der Waals surface area contributed by atoms with Crippen LogP contribution in [-0.4, -0.2) is 24.5 Å². The highest BCUT2D eigenvalue weighted by molar-refractivity contribution is 5.37. The summed E-state index contributed by atoms with van der Waals surface area (Å²) in [5, 5.41) is 3.46. The maximum absolute atomic E-state index is 8.16. The smallest absolute Gasteiger partial charge is 0.0367 e. The first-order valence-corrected chi connectivity index (χ1v) is 6.69. The summed E-state index contributed by atoms with van der Waals surface area (Å²) in [6, 6.07) is 8.39. The van der Waals surface area contributed by atoms with Crippen LogP contribution in [0.1, 0.15) is 30.4 Å². The van der Waals surface area contributed by atoms with Crippen LogP contribution in [0, 0.1) is 11.8 Å². The van der Waals surface area contributed by atoms with Gasteiger partial charge in [-0.2, -0.15) is 0 Å². The number of benzene rings is 1. The Balaban J connectivity index is 1.92. The van der Waals surface area contributed by atoms with E-state index in [1.807, 2.05) is 6.07 Å². The topological polar surface area (TPSA) is 52.0 Å². The van der Waals surface area contributed by atoms with Gasteiger partial charge in [0.05, 0.1) is 0 Å². The van der Waals surface area contributed by atoms with Crippen LogP contribution in [-0.2, 0) is 6.54 Å². The van der Waals surface area contributed by atoms with Gasteiger partial charge in [-0.1, -0.05) is 29.1 Å². The third-order valence-corrected chi connectivity index (χ3v) is 3.16. The average Bonchev–Trinajstić information content (AvgIpc) is 2.92. The summed E-state index contributed by atoms with van der Waals surface area (Å²) >= 11 is 0. The molecule has 0 saturated carbocycles. The molecule has 0 spiro atoms. The normalized spacial score (nSPS) is 14.5. The van der Waals surface area contributed by atoms with Crippen LogP contribution in [0.2, 0.25) is 0 Å². The molecule has 1 aliphatic rings. The number of hydrogen-bond donors (Lipinski definition) is 0. The van der Waals surface area contributed by atoms with E-state index in [1.165, 1.54) is 31.5 Å². The first kappa shape index (κ1) is 13.5. The van der Waals surface area contributed by atoms with Gasteiger partial charge in [0.1, 0.15) is 0 Å². The van der Waals surface area contributed by atoms with E-state index in [1.54, 1.807) is 0 Å². The fourth-order valence-electron chi connectivity index (χ4n) is 2.26. The molecule has 1 aliphatic heterocycles. The summed E-state index contributed by atoms with van der Waals surface area (Å²) in [5.74, 6) is 6.15. The lowest BCUT2D eigenvalue weighted by Crippen LogP contribution is -2.18. The van der Waals surface area contributed by atoms with Gasteiger partial charge in [0.2, 0.25) is 0 Å². The Morgan fingerprint density at radius 2 is 2.16 bits per heavy atom. The van der Waals surface area contributed by atoms with Gasteiger partial charge in [0.25, 0.3) is 0 Å². The molecule has 0 amide bonds. The standard InChI is InChI=1S/C15H18N4/c16-18-17-9-2-1-6-14-7-5-8-15(12-14)13-19-10-3-4-11-19/h5,7-8,12H,2-4,9-11,13H2. The van der Waals surface area contributed by atoms with Crippen LogP contribution in [0.25, 0.3) is 10.4 Å². The van der Waals surface area contributed by atoms with Crippen molar-refractivity contribution in [3.05, 3.63) is 45.8 Å². The van der Waals surface area contributed by atoms with Gasteiger partial charge in [-0.3, -0.25) is 4.90 Å². The highest BCUT2D eigenvalue weighted by atomic mass is 15.1. The Morgan fingerprint density at radius 1 is 1.32 bits per heavy atom. The van der Waals surface area contributed by atoms with Crippen molar-refractivity contribution in [1.82, 2.24) is 4.90 Å². The van der Waals surface area contributed by atoms with E-state index in [4.69, 9.17) is 5.53 Å².